The highest BCUT2D eigenvalue weighted by molar-refractivity contribution is 7.16. The molecule has 3 N–H and O–H groups in total. The van der Waals surface area contributed by atoms with E-state index in [2.05, 4.69) is 30.7 Å². The zero-order valence-electron chi connectivity index (χ0n) is 14.6. The Hall–Kier alpha value is -1.51. The van der Waals surface area contributed by atoms with E-state index in [4.69, 9.17) is 10.5 Å². The van der Waals surface area contributed by atoms with Crippen LogP contribution in [-0.2, 0) is 4.74 Å². The number of nitrogens with zero attached hydrogens (tertiary/aromatic N) is 3. The van der Waals surface area contributed by atoms with Crippen LogP contribution < -0.4 is 10.6 Å². The fourth-order valence-corrected chi connectivity index (χ4v) is 4.22. The second-order valence-corrected chi connectivity index (χ2v) is 8.53. The van der Waals surface area contributed by atoms with E-state index in [0.717, 1.165) is 16.0 Å². The Morgan fingerprint density at radius 3 is 2.67 bits per heavy atom. The van der Waals surface area contributed by atoms with E-state index in [1.54, 1.807) is 11.5 Å². The number of aromatic nitrogens is 3. The molecule has 1 saturated heterocycles. The van der Waals surface area contributed by atoms with Gasteiger partial charge in [0, 0.05) is 5.92 Å². The fourth-order valence-electron chi connectivity index (χ4n) is 3.33. The average Bonchev–Trinajstić information content (AvgIpc) is 2.99. The van der Waals surface area contributed by atoms with E-state index in [0.29, 0.717) is 17.8 Å². The second kappa shape index (κ2) is 5.79. The van der Waals surface area contributed by atoms with Gasteiger partial charge in [-0.1, -0.05) is 32.1 Å². The number of aliphatic hydroxyl groups is 1. The van der Waals surface area contributed by atoms with Gasteiger partial charge >= 0.3 is 4.87 Å². The molecule has 0 aromatic carbocycles. The summed E-state index contributed by atoms with van der Waals surface area (Å²) in [5.41, 5.74) is 6.90. The molecule has 0 spiro atoms. The minimum Gasteiger partial charge on any atom is -0.391 e. The number of thiazole rings is 1. The van der Waals surface area contributed by atoms with Crippen molar-refractivity contribution in [3.8, 4) is 0 Å². The number of aliphatic hydroxyl groups excluding tert-OH is 1. The molecule has 4 atom stereocenters. The molecule has 7 nitrogen and oxygen atoms in total. The van der Waals surface area contributed by atoms with Crippen molar-refractivity contribution in [2.24, 2.45) is 11.3 Å². The molecule has 24 heavy (non-hydrogen) atoms. The summed E-state index contributed by atoms with van der Waals surface area (Å²) in [5, 5.41) is 9.97. The lowest BCUT2D eigenvalue weighted by atomic mass is 9.77. The van der Waals surface area contributed by atoms with Crippen LogP contribution in [0.15, 0.2) is 4.79 Å². The van der Waals surface area contributed by atoms with E-state index in [-0.39, 0.29) is 28.3 Å². The first-order valence-corrected chi connectivity index (χ1v) is 8.90. The predicted molar refractivity (Wildman–Crippen MR) is 94.0 cm³/mol. The molecule has 8 heteroatoms. The number of hydrogen-bond acceptors (Lipinski definition) is 7. The van der Waals surface area contributed by atoms with Crippen molar-refractivity contribution in [1.29, 1.82) is 0 Å². The molecular weight excluding hydrogens is 328 g/mol. The highest BCUT2D eigenvalue weighted by atomic mass is 32.1. The third kappa shape index (κ3) is 2.82. The van der Waals surface area contributed by atoms with Gasteiger partial charge in [-0.15, -0.1) is 0 Å². The van der Waals surface area contributed by atoms with Crippen molar-refractivity contribution < 1.29 is 9.84 Å². The molecule has 2 aromatic rings. The maximum atomic E-state index is 12.7. The molecule has 0 amide bonds. The summed E-state index contributed by atoms with van der Waals surface area (Å²) >= 11 is 1.11. The van der Waals surface area contributed by atoms with Crippen LogP contribution in [0.4, 0.5) is 5.95 Å². The normalized spacial score (nSPS) is 26.2. The van der Waals surface area contributed by atoms with Gasteiger partial charge in [-0.05, 0) is 25.7 Å². The smallest absolute Gasteiger partial charge is 0.311 e. The molecule has 2 unspecified atom stereocenters. The standard InChI is InChI=1S/C16H24N4O3S/c1-7-11-12(19-14(17)18-7)20(15(22)24-11)13-9(16(3,4)5)6-10(23-13)8(2)21/h8-10,13,21H,6H2,1-5H3,(H2,17,18,19)/t8-,9?,10-,13?/m0/s1. The summed E-state index contributed by atoms with van der Waals surface area (Å²) in [6.45, 7) is 9.88. The Kier molecular flexibility index (Phi) is 4.17. The lowest BCUT2D eigenvalue weighted by Gasteiger charge is -2.31. The van der Waals surface area contributed by atoms with Crippen LogP contribution in [0.2, 0.25) is 0 Å². The predicted octanol–water partition coefficient (Wildman–Crippen LogP) is 2.07. The zero-order chi connectivity index (χ0) is 17.8. The number of ether oxygens (including phenoxy) is 1. The maximum absolute atomic E-state index is 12.7. The van der Waals surface area contributed by atoms with E-state index >= 15 is 0 Å². The Labute approximate surface area is 144 Å². The van der Waals surface area contributed by atoms with Crippen LogP contribution in [-0.4, -0.2) is 31.8 Å². The lowest BCUT2D eigenvalue weighted by molar-refractivity contribution is -0.0672. The quantitative estimate of drug-likeness (QED) is 0.857. The van der Waals surface area contributed by atoms with Crippen molar-refractivity contribution in [2.45, 2.75) is 59.5 Å². The molecule has 0 aliphatic carbocycles. The number of nitrogens with two attached hydrogens (primary N) is 1. The van der Waals surface area contributed by atoms with Gasteiger partial charge in [-0.3, -0.25) is 9.36 Å². The highest BCUT2D eigenvalue weighted by Crippen LogP contribution is 2.46. The van der Waals surface area contributed by atoms with E-state index in [9.17, 15) is 9.90 Å². The van der Waals surface area contributed by atoms with Crippen LogP contribution in [0, 0.1) is 18.3 Å². The number of hydrogen-bond donors (Lipinski definition) is 2. The summed E-state index contributed by atoms with van der Waals surface area (Å²) < 4.78 is 8.41. The van der Waals surface area contributed by atoms with Gasteiger partial charge in [0.1, 0.15) is 6.23 Å². The van der Waals surface area contributed by atoms with Crippen molar-refractivity contribution in [2.75, 3.05) is 5.73 Å². The van der Waals surface area contributed by atoms with Crippen molar-refractivity contribution >= 4 is 27.6 Å². The molecule has 0 saturated carbocycles. The number of nitrogen functional groups attached to an aromatic ring is 1. The number of anilines is 1. The minimum absolute atomic E-state index is 0.0732. The first kappa shape index (κ1) is 17.3. The molecule has 2 aromatic heterocycles. The molecule has 0 radical (unpaired) electrons. The Balaban J connectivity index is 2.18. The van der Waals surface area contributed by atoms with Gasteiger partial charge in [0.05, 0.1) is 22.6 Å². The molecule has 1 aliphatic heterocycles. The van der Waals surface area contributed by atoms with Gasteiger partial charge in [-0.25, -0.2) is 4.98 Å². The van der Waals surface area contributed by atoms with Crippen LogP contribution in [0.3, 0.4) is 0 Å². The SMILES string of the molecule is Cc1nc(N)nc2c1sc(=O)n2C1O[C@H]([C@H](C)O)CC1C(C)(C)C. The Bertz CT molecular complexity index is 821. The molecule has 132 valence electrons. The van der Waals surface area contributed by atoms with Gasteiger partial charge in [0.2, 0.25) is 5.95 Å². The third-order valence-corrected chi connectivity index (χ3v) is 5.75. The number of fused-ring (bicyclic) bond motifs is 1. The topological polar surface area (TPSA) is 103 Å². The van der Waals surface area contributed by atoms with Gasteiger partial charge < -0.3 is 15.6 Å². The molecule has 1 aliphatic rings. The Morgan fingerprint density at radius 2 is 2.08 bits per heavy atom. The maximum Gasteiger partial charge on any atom is 0.311 e. The van der Waals surface area contributed by atoms with Crippen LogP contribution in [0.1, 0.15) is 46.0 Å². The molecular formula is C16H24N4O3S. The van der Waals surface area contributed by atoms with E-state index in [1.807, 2.05) is 6.92 Å². The van der Waals surface area contributed by atoms with Gasteiger partial charge in [0.25, 0.3) is 0 Å². The van der Waals surface area contributed by atoms with E-state index < -0.39 is 12.3 Å². The lowest BCUT2D eigenvalue weighted by Crippen LogP contribution is -2.31. The van der Waals surface area contributed by atoms with Crippen molar-refractivity contribution in [3.05, 3.63) is 15.4 Å². The summed E-state index contributed by atoms with van der Waals surface area (Å²) in [6.07, 6.45) is -0.683. The van der Waals surface area contributed by atoms with Crippen molar-refractivity contribution in [3.63, 3.8) is 0 Å². The highest BCUT2D eigenvalue weighted by Gasteiger charge is 2.45. The third-order valence-electron chi connectivity index (χ3n) is 4.70. The van der Waals surface area contributed by atoms with Gasteiger partial charge in [-0.2, -0.15) is 4.98 Å². The van der Waals surface area contributed by atoms with Crippen LogP contribution in [0.5, 0.6) is 0 Å². The molecule has 1 fully saturated rings. The molecule has 3 rings (SSSR count). The minimum atomic E-state index is -0.595. The summed E-state index contributed by atoms with van der Waals surface area (Å²) in [6, 6.07) is 0. The molecule has 0 bridgehead atoms. The van der Waals surface area contributed by atoms with Gasteiger partial charge in [0.15, 0.2) is 5.65 Å². The molecule has 3 heterocycles. The monoisotopic (exact) mass is 352 g/mol. The summed E-state index contributed by atoms with van der Waals surface area (Å²) in [5.74, 6) is 0.216. The summed E-state index contributed by atoms with van der Waals surface area (Å²) in [4.78, 5) is 21.0. The second-order valence-electron chi connectivity index (χ2n) is 7.57. The van der Waals surface area contributed by atoms with Crippen molar-refractivity contribution in [1.82, 2.24) is 14.5 Å². The fraction of sp³-hybridized carbons (Fsp3) is 0.688. The largest absolute Gasteiger partial charge is 0.391 e. The number of rotatable bonds is 2. The zero-order valence-corrected chi connectivity index (χ0v) is 15.4. The Morgan fingerprint density at radius 1 is 1.42 bits per heavy atom. The van der Waals surface area contributed by atoms with Crippen LogP contribution in [0.25, 0.3) is 10.3 Å². The van der Waals surface area contributed by atoms with E-state index in [1.165, 1.54) is 0 Å². The van der Waals surface area contributed by atoms with Crippen LogP contribution >= 0.6 is 11.3 Å². The summed E-state index contributed by atoms with van der Waals surface area (Å²) in [7, 11) is 0. The average molecular weight is 352 g/mol. The first-order chi connectivity index (χ1) is 11.1. The number of aryl methyl sites for hydroxylation is 1. The first-order valence-electron chi connectivity index (χ1n) is 8.08.